The summed E-state index contributed by atoms with van der Waals surface area (Å²) in [5.74, 6) is 0.901. The van der Waals surface area contributed by atoms with Crippen LogP contribution in [0.4, 0.5) is 5.69 Å². The fourth-order valence-electron chi connectivity index (χ4n) is 2.81. The lowest BCUT2D eigenvalue weighted by atomic mass is 10.2. The Bertz CT molecular complexity index is 699. The molecule has 1 saturated heterocycles. The highest BCUT2D eigenvalue weighted by atomic mass is 32.2. The minimum Gasteiger partial charge on any atom is -0.368 e. The lowest BCUT2D eigenvalue weighted by Gasteiger charge is -2.36. The number of benzene rings is 1. The molecular weight excluding hydrogens is 320 g/mol. The van der Waals surface area contributed by atoms with E-state index < -0.39 is 0 Å². The van der Waals surface area contributed by atoms with E-state index in [9.17, 15) is 4.79 Å². The van der Waals surface area contributed by atoms with Crippen LogP contribution in [-0.4, -0.2) is 52.7 Å². The summed E-state index contributed by atoms with van der Waals surface area (Å²) in [4.78, 5) is 25.8. The number of amides is 1. The molecule has 0 N–H and O–H groups in total. The standard InChI is InChI=1S/C18H22N4OS/c1-3-24-18-19-14(2)13-16(20-18)17(23)22-11-9-21(10-12-22)15-7-5-4-6-8-15/h4-8,13H,3,9-12H2,1-2H3. The van der Waals surface area contributed by atoms with Gasteiger partial charge in [-0.25, -0.2) is 9.97 Å². The topological polar surface area (TPSA) is 49.3 Å². The van der Waals surface area contributed by atoms with E-state index in [1.54, 1.807) is 17.8 Å². The Hall–Kier alpha value is -2.08. The first-order valence-electron chi connectivity index (χ1n) is 8.25. The molecule has 2 aromatic rings. The fraction of sp³-hybridized carbons (Fsp3) is 0.389. The van der Waals surface area contributed by atoms with Crippen molar-refractivity contribution in [1.29, 1.82) is 0 Å². The number of nitrogens with zero attached hydrogens (tertiary/aromatic N) is 4. The third kappa shape index (κ3) is 3.87. The van der Waals surface area contributed by atoms with Crippen LogP contribution in [0.1, 0.15) is 23.1 Å². The quantitative estimate of drug-likeness (QED) is 0.632. The second-order valence-electron chi connectivity index (χ2n) is 5.72. The van der Waals surface area contributed by atoms with Gasteiger partial charge < -0.3 is 9.80 Å². The Balaban J connectivity index is 1.67. The molecule has 24 heavy (non-hydrogen) atoms. The highest BCUT2D eigenvalue weighted by molar-refractivity contribution is 7.99. The molecule has 0 unspecified atom stereocenters. The average Bonchev–Trinajstić information content (AvgIpc) is 2.62. The van der Waals surface area contributed by atoms with Crippen LogP contribution < -0.4 is 4.90 Å². The lowest BCUT2D eigenvalue weighted by Crippen LogP contribution is -2.49. The van der Waals surface area contributed by atoms with Crippen LogP contribution in [0.5, 0.6) is 0 Å². The molecule has 3 rings (SSSR count). The average molecular weight is 342 g/mol. The number of carbonyl (C=O) groups excluding carboxylic acids is 1. The number of aromatic nitrogens is 2. The minimum absolute atomic E-state index is 0.00571. The summed E-state index contributed by atoms with van der Waals surface area (Å²) in [5, 5.41) is 0.684. The molecule has 0 saturated carbocycles. The van der Waals surface area contributed by atoms with Gasteiger partial charge in [-0.3, -0.25) is 4.79 Å². The molecule has 1 aromatic heterocycles. The Morgan fingerprint density at radius 3 is 2.50 bits per heavy atom. The molecule has 1 aliphatic heterocycles. The number of aryl methyl sites for hydroxylation is 1. The summed E-state index contributed by atoms with van der Waals surface area (Å²) >= 11 is 1.56. The molecule has 1 amide bonds. The van der Waals surface area contributed by atoms with E-state index in [1.807, 2.05) is 30.0 Å². The zero-order chi connectivity index (χ0) is 16.9. The minimum atomic E-state index is 0.00571. The summed E-state index contributed by atoms with van der Waals surface area (Å²) in [7, 11) is 0. The molecule has 126 valence electrons. The third-order valence-corrected chi connectivity index (χ3v) is 4.74. The Kier molecular flexibility index (Phi) is 5.35. The summed E-state index contributed by atoms with van der Waals surface area (Å²) in [6.07, 6.45) is 0. The van der Waals surface area contributed by atoms with Gasteiger partial charge in [0.1, 0.15) is 5.69 Å². The van der Waals surface area contributed by atoms with E-state index in [0.717, 1.165) is 24.5 Å². The number of hydrogen-bond donors (Lipinski definition) is 0. The van der Waals surface area contributed by atoms with Gasteiger partial charge in [-0.05, 0) is 30.9 Å². The predicted molar refractivity (Wildman–Crippen MR) is 97.7 cm³/mol. The van der Waals surface area contributed by atoms with Gasteiger partial charge in [0.05, 0.1) is 0 Å². The van der Waals surface area contributed by atoms with E-state index in [-0.39, 0.29) is 5.91 Å². The fourth-order valence-corrected chi connectivity index (χ4v) is 3.44. The van der Waals surface area contributed by atoms with Crippen LogP contribution in [0.2, 0.25) is 0 Å². The molecule has 0 aliphatic carbocycles. The van der Waals surface area contributed by atoms with E-state index >= 15 is 0 Å². The maximum atomic E-state index is 12.8. The number of piperazine rings is 1. The lowest BCUT2D eigenvalue weighted by molar-refractivity contribution is 0.0739. The smallest absolute Gasteiger partial charge is 0.272 e. The molecule has 5 nitrogen and oxygen atoms in total. The number of anilines is 1. The first-order valence-corrected chi connectivity index (χ1v) is 9.23. The Morgan fingerprint density at radius 2 is 1.83 bits per heavy atom. The molecular formula is C18H22N4OS. The van der Waals surface area contributed by atoms with Crippen molar-refractivity contribution >= 4 is 23.4 Å². The second-order valence-corrected chi connectivity index (χ2v) is 6.96. The van der Waals surface area contributed by atoms with Crippen molar-refractivity contribution in [2.24, 2.45) is 0 Å². The molecule has 0 spiro atoms. The number of hydrogen-bond acceptors (Lipinski definition) is 5. The third-order valence-electron chi connectivity index (χ3n) is 4.01. The number of para-hydroxylation sites is 1. The van der Waals surface area contributed by atoms with E-state index in [0.29, 0.717) is 23.9 Å². The molecule has 2 heterocycles. The second kappa shape index (κ2) is 7.66. The van der Waals surface area contributed by atoms with Gasteiger partial charge in [-0.15, -0.1) is 0 Å². The van der Waals surface area contributed by atoms with E-state index in [2.05, 4.69) is 33.9 Å². The zero-order valence-corrected chi connectivity index (χ0v) is 14.9. The zero-order valence-electron chi connectivity index (χ0n) is 14.1. The van der Waals surface area contributed by atoms with Crippen molar-refractivity contribution in [1.82, 2.24) is 14.9 Å². The molecule has 1 aromatic carbocycles. The maximum Gasteiger partial charge on any atom is 0.272 e. The van der Waals surface area contributed by atoms with Gasteiger partial charge in [0.25, 0.3) is 5.91 Å². The summed E-state index contributed by atoms with van der Waals surface area (Å²) < 4.78 is 0. The summed E-state index contributed by atoms with van der Waals surface area (Å²) in [6.45, 7) is 7.08. The Morgan fingerprint density at radius 1 is 1.12 bits per heavy atom. The Labute approximate surface area is 147 Å². The van der Waals surface area contributed by atoms with Crippen molar-refractivity contribution in [2.75, 3.05) is 36.8 Å². The largest absolute Gasteiger partial charge is 0.368 e. The van der Waals surface area contributed by atoms with Gasteiger partial charge >= 0.3 is 0 Å². The van der Waals surface area contributed by atoms with Crippen molar-refractivity contribution in [3.05, 3.63) is 47.8 Å². The van der Waals surface area contributed by atoms with Crippen molar-refractivity contribution < 1.29 is 4.79 Å². The van der Waals surface area contributed by atoms with Crippen molar-refractivity contribution in [3.8, 4) is 0 Å². The van der Waals surface area contributed by atoms with Crippen molar-refractivity contribution in [2.45, 2.75) is 19.0 Å². The SMILES string of the molecule is CCSc1nc(C)cc(C(=O)N2CCN(c3ccccc3)CC2)n1. The van der Waals surface area contributed by atoms with Crippen LogP contribution in [0.15, 0.2) is 41.6 Å². The van der Waals surface area contributed by atoms with Gasteiger partial charge in [0.2, 0.25) is 0 Å². The normalized spacial score (nSPS) is 14.8. The van der Waals surface area contributed by atoms with Gasteiger partial charge in [-0.1, -0.05) is 36.9 Å². The molecule has 1 aliphatic rings. The molecule has 1 fully saturated rings. The van der Waals surface area contributed by atoms with Gasteiger partial charge in [-0.2, -0.15) is 0 Å². The number of rotatable bonds is 4. The van der Waals surface area contributed by atoms with Crippen LogP contribution in [-0.2, 0) is 0 Å². The highest BCUT2D eigenvalue weighted by Crippen LogP contribution is 2.18. The monoisotopic (exact) mass is 342 g/mol. The first-order chi connectivity index (χ1) is 11.7. The van der Waals surface area contributed by atoms with Crippen LogP contribution in [0.3, 0.4) is 0 Å². The van der Waals surface area contributed by atoms with Gasteiger partial charge in [0, 0.05) is 37.6 Å². The van der Waals surface area contributed by atoms with Crippen LogP contribution in [0, 0.1) is 6.92 Å². The maximum absolute atomic E-state index is 12.8. The summed E-state index contributed by atoms with van der Waals surface area (Å²) in [6, 6.07) is 12.1. The first kappa shape index (κ1) is 16.8. The highest BCUT2D eigenvalue weighted by Gasteiger charge is 2.23. The van der Waals surface area contributed by atoms with Crippen LogP contribution in [0.25, 0.3) is 0 Å². The predicted octanol–water partition coefficient (Wildman–Crippen LogP) is 2.86. The molecule has 0 atom stereocenters. The van der Waals surface area contributed by atoms with Crippen molar-refractivity contribution in [3.63, 3.8) is 0 Å². The molecule has 0 radical (unpaired) electrons. The molecule has 6 heteroatoms. The van der Waals surface area contributed by atoms with E-state index in [4.69, 9.17) is 0 Å². The number of thioether (sulfide) groups is 1. The molecule has 0 bridgehead atoms. The summed E-state index contributed by atoms with van der Waals surface area (Å²) in [5.41, 5.74) is 2.56. The van der Waals surface area contributed by atoms with Gasteiger partial charge in [0.15, 0.2) is 5.16 Å². The van der Waals surface area contributed by atoms with E-state index in [1.165, 1.54) is 5.69 Å². The number of carbonyl (C=O) groups is 1. The van der Waals surface area contributed by atoms with Crippen LogP contribution >= 0.6 is 11.8 Å².